The van der Waals surface area contributed by atoms with Crippen molar-refractivity contribution in [3.05, 3.63) is 58.8 Å². The number of halogens is 7. The van der Waals surface area contributed by atoms with Crippen LogP contribution in [-0.2, 0) is 18.8 Å². The Balaban J connectivity index is 1.86. The maximum atomic E-state index is 13.2. The molecule has 12 heteroatoms. The minimum atomic E-state index is -5.16. The van der Waals surface area contributed by atoms with Crippen molar-refractivity contribution >= 4 is 28.5 Å². The smallest absolute Gasteiger partial charge is 0.356 e. The number of H-pyrrole nitrogens is 1. The van der Waals surface area contributed by atoms with Crippen LogP contribution in [0, 0.1) is 0 Å². The minimum absolute atomic E-state index is 0.118. The van der Waals surface area contributed by atoms with Crippen molar-refractivity contribution in [3.63, 3.8) is 0 Å². The molecule has 0 unspecified atom stereocenters. The van der Waals surface area contributed by atoms with Gasteiger partial charge in [-0.3, -0.25) is 0 Å². The number of hydrogen-bond donors (Lipinski definition) is 1. The molecular formula is C20H16ClF6N5. The summed E-state index contributed by atoms with van der Waals surface area (Å²) in [4.78, 5) is 13.9. The van der Waals surface area contributed by atoms with Gasteiger partial charge in [-0.15, -0.1) is 6.58 Å². The molecule has 4 rings (SSSR count). The van der Waals surface area contributed by atoms with Gasteiger partial charge in [0.25, 0.3) is 0 Å². The minimum Gasteiger partial charge on any atom is -0.356 e. The summed E-state index contributed by atoms with van der Waals surface area (Å²) in [6, 6.07) is 4.66. The molecule has 0 spiro atoms. The second-order valence-electron chi connectivity index (χ2n) is 7.31. The van der Waals surface area contributed by atoms with E-state index in [0.29, 0.717) is 30.0 Å². The van der Waals surface area contributed by atoms with E-state index in [-0.39, 0.29) is 6.54 Å². The maximum absolute atomic E-state index is 13.2. The van der Waals surface area contributed by atoms with E-state index in [1.807, 2.05) is 0 Å². The molecule has 3 aromatic rings. The van der Waals surface area contributed by atoms with E-state index in [1.54, 1.807) is 24.3 Å². The second kappa shape index (κ2) is 7.95. The molecule has 1 aliphatic rings. The lowest BCUT2D eigenvalue weighted by Crippen LogP contribution is -2.38. The molecule has 0 radical (unpaired) electrons. The Hall–Kier alpha value is -2.82. The van der Waals surface area contributed by atoms with Gasteiger partial charge in [0.2, 0.25) is 17.6 Å². The Morgan fingerprint density at radius 1 is 1.09 bits per heavy atom. The predicted octanol–water partition coefficient (Wildman–Crippen LogP) is 6.11. The first kappa shape index (κ1) is 22.4. The summed E-state index contributed by atoms with van der Waals surface area (Å²) in [5.74, 6) is -4.44. The number of fused-ring (bicyclic) bond motifs is 3. The standard InChI is InChI=1S/C20H16ClF6N5/c1-2-3-4-14-15-11(12-9-10(21)5-6-13(12)28-15)7-8-32(14)18-30-16(19(22,23)24)29-17(31-18)20(25,26)27/h2,5-6,9,14,28H,1,3-4,7-8H2/t14-/m0/s1. The van der Waals surface area contributed by atoms with Crippen LogP contribution in [0.25, 0.3) is 10.9 Å². The van der Waals surface area contributed by atoms with Gasteiger partial charge in [0.15, 0.2) is 0 Å². The van der Waals surface area contributed by atoms with Crippen molar-refractivity contribution < 1.29 is 26.3 Å². The van der Waals surface area contributed by atoms with Gasteiger partial charge in [0.05, 0.1) is 6.04 Å². The zero-order valence-corrected chi connectivity index (χ0v) is 17.1. The van der Waals surface area contributed by atoms with E-state index in [9.17, 15) is 26.3 Å². The lowest BCUT2D eigenvalue weighted by molar-refractivity contribution is -0.155. The first-order chi connectivity index (χ1) is 15.0. The fraction of sp³-hybridized carbons (Fsp3) is 0.350. The quantitative estimate of drug-likeness (QED) is 0.365. The van der Waals surface area contributed by atoms with E-state index < -0.39 is 36.0 Å². The highest BCUT2D eigenvalue weighted by atomic mass is 35.5. The largest absolute Gasteiger partial charge is 0.451 e. The average Bonchev–Trinajstić information content (AvgIpc) is 3.08. The van der Waals surface area contributed by atoms with Crippen LogP contribution in [0.4, 0.5) is 32.3 Å². The van der Waals surface area contributed by atoms with Crippen molar-refractivity contribution in [1.29, 1.82) is 0 Å². The van der Waals surface area contributed by atoms with Gasteiger partial charge in [-0.05, 0) is 43.0 Å². The summed E-state index contributed by atoms with van der Waals surface area (Å²) in [6.07, 6.45) is -7.48. The number of nitrogens with zero attached hydrogens (tertiary/aromatic N) is 4. The lowest BCUT2D eigenvalue weighted by Gasteiger charge is -2.36. The number of benzene rings is 1. The monoisotopic (exact) mass is 475 g/mol. The molecule has 0 amide bonds. The first-order valence-corrected chi connectivity index (χ1v) is 9.95. The molecule has 1 atom stereocenters. The highest BCUT2D eigenvalue weighted by molar-refractivity contribution is 6.31. The van der Waals surface area contributed by atoms with E-state index in [0.717, 1.165) is 16.5 Å². The van der Waals surface area contributed by atoms with Crippen molar-refractivity contribution in [3.8, 4) is 0 Å². The van der Waals surface area contributed by atoms with E-state index in [1.165, 1.54) is 4.90 Å². The summed E-state index contributed by atoms with van der Waals surface area (Å²) < 4.78 is 79.5. The van der Waals surface area contributed by atoms with Crippen molar-refractivity contribution in [2.45, 2.75) is 37.7 Å². The molecule has 0 fully saturated rings. The average molecular weight is 476 g/mol. The van der Waals surface area contributed by atoms with Crippen molar-refractivity contribution in [2.24, 2.45) is 0 Å². The van der Waals surface area contributed by atoms with Crippen LogP contribution in [0.3, 0.4) is 0 Å². The first-order valence-electron chi connectivity index (χ1n) is 9.57. The van der Waals surface area contributed by atoms with Gasteiger partial charge in [-0.2, -0.15) is 36.3 Å². The zero-order valence-electron chi connectivity index (χ0n) is 16.4. The predicted molar refractivity (Wildman–Crippen MR) is 106 cm³/mol. The molecule has 1 N–H and O–H groups in total. The van der Waals surface area contributed by atoms with Crippen molar-refractivity contribution in [2.75, 3.05) is 11.4 Å². The van der Waals surface area contributed by atoms with Crippen molar-refractivity contribution in [1.82, 2.24) is 19.9 Å². The molecule has 170 valence electrons. The molecule has 1 aliphatic heterocycles. The van der Waals surface area contributed by atoms with Gasteiger partial charge < -0.3 is 9.88 Å². The Morgan fingerprint density at radius 2 is 1.75 bits per heavy atom. The number of rotatable bonds is 4. The Kier molecular flexibility index (Phi) is 5.56. The summed E-state index contributed by atoms with van der Waals surface area (Å²) >= 11 is 6.11. The topological polar surface area (TPSA) is 57.7 Å². The van der Waals surface area contributed by atoms with Crippen LogP contribution >= 0.6 is 11.6 Å². The number of anilines is 1. The molecule has 0 bridgehead atoms. The van der Waals surface area contributed by atoms with Gasteiger partial charge >= 0.3 is 12.4 Å². The Labute approximate surface area is 183 Å². The number of alkyl halides is 6. The molecule has 1 aromatic carbocycles. The third kappa shape index (κ3) is 4.13. The number of aromatic amines is 1. The zero-order chi connectivity index (χ0) is 23.3. The summed E-state index contributed by atoms with van der Waals surface area (Å²) in [5.41, 5.74) is 2.36. The Bertz CT molecular complexity index is 1140. The number of hydrogen-bond acceptors (Lipinski definition) is 4. The normalized spacial score (nSPS) is 17.0. The molecule has 0 aliphatic carbocycles. The third-order valence-electron chi connectivity index (χ3n) is 5.25. The van der Waals surface area contributed by atoms with E-state index >= 15 is 0 Å². The molecular weight excluding hydrogens is 460 g/mol. The summed E-state index contributed by atoms with van der Waals surface area (Å²) in [7, 11) is 0. The van der Waals surface area contributed by atoms with Crippen LogP contribution in [0.1, 0.15) is 41.8 Å². The van der Waals surface area contributed by atoms with Gasteiger partial charge in [-0.25, -0.2) is 4.98 Å². The fourth-order valence-corrected chi connectivity index (χ4v) is 4.07. The molecule has 2 aromatic heterocycles. The van der Waals surface area contributed by atoms with Crippen LogP contribution in [0.2, 0.25) is 5.02 Å². The van der Waals surface area contributed by atoms with Gasteiger partial charge in [-0.1, -0.05) is 17.7 Å². The highest BCUT2D eigenvalue weighted by Gasteiger charge is 2.43. The molecule has 3 heterocycles. The molecule has 0 saturated carbocycles. The number of nitrogens with one attached hydrogen (secondary N) is 1. The summed E-state index contributed by atoms with van der Waals surface area (Å²) in [6.45, 7) is 3.78. The highest BCUT2D eigenvalue weighted by Crippen LogP contribution is 2.40. The molecule has 32 heavy (non-hydrogen) atoms. The van der Waals surface area contributed by atoms with Gasteiger partial charge in [0.1, 0.15) is 0 Å². The second-order valence-corrected chi connectivity index (χ2v) is 7.75. The van der Waals surface area contributed by atoms with Crippen LogP contribution < -0.4 is 4.90 Å². The SMILES string of the molecule is C=CCC[C@H]1c2[nH]c3ccc(Cl)cc3c2CCN1c1nc(C(F)(F)F)nc(C(F)(F)F)n1. The summed E-state index contributed by atoms with van der Waals surface area (Å²) in [5, 5.41) is 1.38. The van der Waals surface area contributed by atoms with E-state index in [4.69, 9.17) is 11.6 Å². The van der Waals surface area contributed by atoms with Crippen LogP contribution in [0.15, 0.2) is 30.9 Å². The maximum Gasteiger partial charge on any atom is 0.451 e. The molecule has 5 nitrogen and oxygen atoms in total. The van der Waals surface area contributed by atoms with E-state index in [2.05, 4.69) is 26.5 Å². The number of aromatic nitrogens is 4. The Morgan fingerprint density at radius 3 is 2.34 bits per heavy atom. The van der Waals surface area contributed by atoms with Gasteiger partial charge in [0, 0.05) is 28.2 Å². The van der Waals surface area contributed by atoms with Crippen LogP contribution in [0.5, 0.6) is 0 Å². The van der Waals surface area contributed by atoms with Crippen LogP contribution in [-0.4, -0.2) is 26.5 Å². The lowest BCUT2D eigenvalue weighted by atomic mass is 9.94. The number of allylic oxidation sites excluding steroid dienone is 1. The fourth-order valence-electron chi connectivity index (χ4n) is 3.90. The molecule has 0 saturated heterocycles. The third-order valence-corrected chi connectivity index (χ3v) is 5.48.